The van der Waals surface area contributed by atoms with Gasteiger partial charge in [0.1, 0.15) is 0 Å². The van der Waals surface area contributed by atoms with E-state index in [1.165, 1.54) is 0 Å². The Balaban J connectivity index is 0. The molecule has 0 unspecified atom stereocenters. The molecule has 0 spiro atoms. The molecular weight excluding hydrogens is 143 g/mol. The summed E-state index contributed by atoms with van der Waals surface area (Å²) in [5.74, 6) is 0. The minimum Gasteiger partial charge on any atom is -0.877 e. The number of rotatable bonds is 1. The second-order valence-corrected chi connectivity index (χ2v) is 1.09. The van der Waals surface area contributed by atoms with Crippen molar-refractivity contribution in [1.82, 2.24) is 0 Å². The summed E-state index contributed by atoms with van der Waals surface area (Å²) in [6.45, 7) is 0. The molecule has 0 fully saturated rings. The molecule has 0 radical (unpaired) electrons. The quantitative estimate of drug-likeness (QED) is 0.221. The van der Waals surface area contributed by atoms with Crippen molar-refractivity contribution in [2.75, 3.05) is 0 Å². The minimum atomic E-state index is -0.0833. The van der Waals surface area contributed by atoms with Gasteiger partial charge in [-0.15, -0.1) is 6.26 Å². The van der Waals surface area contributed by atoms with Crippen LogP contribution in [0.4, 0.5) is 0 Å². The fourth-order valence-corrected chi connectivity index (χ4v) is 0.193. The van der Waals surface area contributed by atoms with E-state index in [0.29, 0.717) is 6.26 Å². The predicted octanol–water partition coefficient (Wildman–Crippen LogP) is -3.33. The summed E-state index contributed by atoms with van der Waals surface area (Å²) in [5.41, 5.74) is -0.0208. The maximum absolute atomic E-state index is 9.72. The molecule has 0 aromatic heterocycles. The molecule has 0 atom stereocenters. The van der Waals surface area contributed by atoms with Crippen molar-refractivity contribution < 1.29 is 56.5 Å². The molecule has 0 amide bonds. The molecular formula is C5H3KN2O. The average molecular weight is 146 g/mol. The third-order valence-electron chi connectivity index (χ3n) is 0.555. The van der Waals surface area contributed by atoms with Crippen LogP contribution in [0.5, 0.6) is 0 Å². The fourth-order valence-electron chi connectivity index (χ4n) is 0.193. The number of nitrogens with zero attached hydrogens (tertiary/aromatic N) is 2. The van der Waals surface area contributed by atoms with E-state index in [1.807, 2.05) is 0 Å². The van der Waals surface area contributed by atoms with Crippen molar-refractivity contribution in [3.05, 3.63) is 11.8 Å². The first-order valence-electron chi connectivity index (χ1n) is 1.93. The van der Waals surface area contributed by atoms with Crippen LogP contribution in [0.1, 0.15) is 6.42 Å². The summed E-state index contributed by atoms with van der Waals surface area (Å²) < 4.78 is 0. The largest absolute Gasteiger partial charge is 1.00 e. The van der Waals surface area contributed by atoms with Crippen molar-refractivity contribution in [3.8, 4) is 12.1 Å². The summed E-state index contributed by atoms with van der Waals surface area (Å²) in [4.78, 5) is 0. The Kier molecular flexibility index (Phi) is 10.8. The van der Waals surface area contributed by atoms with Gasteiger partial charge in [-0.25, -0.2) is 0 Å². The van der Waals surface area contributed by atoms with E-state index >= 15 is 0 Å². The van der Waals surface area contributed by atoms with Crippen LogP contribution in [0.25, 0.3) is 0 Å². The fraction of sp³-hybridized carbons (Fsp3) is 0.200. The monoisotopic (exact) mass is 146 g/mol. The topological polar surface area (TPSA) is 70.6 Å². The van der Waals surface area contributed by atoms with Gasteiger partial charge in [-0.3, -0.25) is 0 Å². The molecule has 0 aromatic carbocycles. The van der Waals surface area contributed by atoms with Gasteiger partial charge in [-0.1, -0.05) is 0 Å². The molecule has 0 N–H and O–H groups in total. The molecule has 0 aliphatic rings. The third kappa shape index (κ3) is 6.04. The Morgan fingerprint density at radius 3 is 2.22 bits per heavy atom. The molecule has 0 heterocycles. The SMILES string of the molecule is N#CC/C(C#N)=C\[O-].[K+]. The molecule has 0 aromatic rings. The molecule has 3 nitrogen and oxygen atoms in total. The maximum atomic E-state index is 9.72. The minimum absolute atomic E-state index is 0. The number of allylic oxidation sites excluding steroid dienone is 1. The van der Waals surface area contributed by atoms with Gasteiger partial charge in [0, 0.05) is 5.57 Å². The molecule has 0 aliphatic carbocycles. The van der Waals surface area contributed by atoms with E-state index in [9.17, 15) is 5.11 Å². The Bertz CT molecular complexity index is 174. The number of hydrogen-bond donors (Lipinski definition) is 0. The van der Waals surface area contributed by atoms with Crippen LogP contribution in [-0.2, 0) is 0 Å². The zero-order chi connectivity index (χ0) is 6.41. The van der Waals surface area contributed by atoms with E-state index in [0.717, 1.165) is 0 Å². The van der Waals surface area contributed by atoms with Crippen LogP contribution in [0.3, 0.4) is 0 Å². The van der Waals surface area contributed by atoms with Crippen molar-refractivity contribution in [3.63, 3.8) is 0 Å². The third-order valence-corrected chi connectivity index (χ3v) is 0.555. The van der Waals surface area contributed by atoms with E-state index in [4.69, 9.17) is 10.5 Å². The molecule has 0 saturated carbocycles. The van der Waals surface area contributed by atoms with Crippen LogP contribution < -0.4 is 56.5 Å². The molecule has 4 heteroatoms. The summed E-state index contributed by atoms with van der Waals surface area (Å²) >= 11 is 0. The first-order chi connectivity index (χ1) is 3.85. The standard InChI is InChI=1S/C5H4N2O.K/c6-2-1-5(3-7)4-8;/h4,8H,1H2;/q;+1/p-1/b5-4+;. The molecule has 0 saturated heterocycles. The first-order valence-corrected chi connectivity index (χ1v) is 1.93. The van der Waals surface area contributed by atoms with Crippen LogP contribution in [0.15, 0.2) is 11.8 Å². The van der Waals surface area contributed by atoms with Gasteiger partial charge in [0.05, 0.1) is 18.6 Å². The Morgan fingerprint density at radius 2 is 2.11 bits per heavy atom. The first kappa shape index (κ1) is 11.9. The van der Waals surface area contributed by atoms with Gasteiger partial charge in [0.2, 0.25) is 0 Å². The Morgan fingerprint density at radius 1 is 1.56 bits per heavy atom. The van der Waals surface area contributed by atoms with Crippen molar-refractivity contribution in [2.24, 2.45) is 0 Å². The smallest absolute Gasteiger partial charge is 0.877 e. The average Bonchev–Trinajstić information content (AvgIpc) is 1.83. The van der Waals surface area contributed by atoms with Crippen LogP contribution >= 0.6 is 0 Å². The van der Waals surface area contributed by atoms with Crippen LogP contribution in [0.2, 0.25) is 0 Å². The van der Waals surface area contributed by atoms with Gasteiger partial charge in [0.25, 0.3) is 0 Å². The van der Waals surface area contributed by atoms with Gasteiger partial charge in [-0.05, 0) is 0 Å². The van der Waals surface area contributed by atoms with Gasteiger partial charge < -0.3 is 5.11 Å². The summed E-state index contributed by atoms with van der Waals surface area (Å²) in [5, 5.41) is 25.6. The number of nitriles is 2. The van der Waals surface area contributed by atoms with E-state index < -0.39 is 0 Å². The molecule has 0 bridgehead atoms. The van der Waals surface area contributed by atoms with E-state index in [2.05, 4.69) is 0 Å². The zero-order valence-electron chi connectivity index (χ0n) is 5.09. The molecule has 40 valence electrons. The van der Waals surface area contributed by atoms with Gasteiger partial charge in [-0.2, -0.15) is 10.5 Å². The van der Waals surface area contributed by atoms with Gasteiger partial charge in [0.15, 0.2) is 0 Å². The van der Waals surface area contributed by atoms with Crippen molar-refractivity contribution >= 4 is 0 Å². The van der Waals surface area contributed by atoms with E-state index in [-0.39, 0.29) is 63.4 Å². The van der Waals surface area contributed by atoms with Crippen LogP contribution in [0, 0.1) is 22.7 Å². The normalized spacial score (nSPS) is 8.44. The second kappa shape index (κ2) is 8.16. The zero-order valence-corrected chi connectivity index (χ0v) is 8.21. The van der Waals surface area contributed by atoms with Crippen molar-refractivity contribution in [2.45, 2.75) is 6.42 Å². The molecule has 9 heavy (non-hydrogen) atoms. The van der Waals surface area contributed by atoms with Gasteiger partial charge >= 0.3 is 51.4 Å². The Labute approximate surface area is 96.0 Å². The van der Waals surface area contributed by atoms with Crippen LogP contribution in [-0.4, -0.2) is 0 Å². The predicted molar refractivity (Wildman–Crippen MR) is 23.9 cm³/mol. The maximum Gasteiger partial charge on any atom is 1.00 e. The Hall–Kier alpha value is 0.156. The summed E-state index contributed by atoms with van der Waals surface area (Å²) in [6.07, 6.45) is 0.309. The summed E-state index contributed by atoms with van der Waals surface area (Å²) in [7, 11) is 0. The molecule has 0 rings (SSSR count). The van der Waals surface area contributed by atoms with Crippen molar-refractivity contribution in [1.29, 1.82) is 10.5 Å². The number of hydrogen-bond acceptors (Lipinski definition) is 3. The molecule has 0 aliphatic heterocycles. The second-order valence-electron chi connectivity index (χ2n) is 1.09. The summed E-state index contributed by atoms with van der Waals surface area (Å²) in [6, 6.07) is 3.26. The van der Waals surface area contributed by atoms with E-state index in [1.54, 1.807) is 12.1 Å².